The number of carbonyl (C=O) groups excluding carboxylic acids is 1. The van der Waals surface area contributed by atoms with Crippen LogP contribution in [0.15, 0.2) is 59.0 Å². The maximum Gasteiger partial charge on any atom is 0.291 e. The summed E-state index contributed by atoms with van der Waals surface area (Å²) in [5, 5.41) is 14.1. The molecule has 0 saturated carbocycles. The van der Waals surface area contributed by atoms with Crippen LogP contribution in [-0.2, 0) is 0 Å². The van der Waals surface area contributed by atoms with E-state index >= 15 is 0 Å². The number of halogens is 1. The van der Waals surface area contributed by atoms with E-state index in [1.165, 1.54) is 18.2 Å². The van der Waals surface area contributed by atoms with Crippen LogP contribution >= 0.6 is 11.6 Å². The number of hydrogen-bond donors (Lipinski definition) is 1. The summed E-state index contributed by atoms with van der Waals surface area (Å²) in [6, 6.07) is 14.3. The van der Waals surface area contributed by atoms with Crippen molar-refractivity contribution >= 4 is 28.9 Å². The molecule has 126 valence electrons. The van der Waals surface area contributed by atoms with Crippen molar-refractivity contribution in [3.63, 3.8) is 0 Å². The van der Waals surface area contributed by atoms with Crippen LogP contribution < -0.4 is 5.32 Å². The fourth-order valence-corrected chi connectivity index (χ4v) is 2.47. The molecule has 2 aromatic carbocycles. The molecular weight excluding hydrogens is 344 g/mol. The first kappa shape index (κ1) is 16.7. The van der Waals surface area contributed by atoms with Crippen LogP contribution in [0.1, 0.15) is 16.1 Å². The number of nitrogens with zero attached hydrogens (tertiary/aromatic N) is 1. The Morgan fingerprint density at radius 3 is 2.72 bits per heavy atom. The van der Waals surface area contributed by atoms with Gasteiger partial charge in [0.1, 0.15) is 5.76 Å². The summed E-state index contributed by atoms with van der Waals surface area (Å²) < 4.78 is 5.54. The van der Waals surface area contributed by atoms with Crippen molar-refractivity contribution in [2.75, 3.05) is 5.32 Å². The van der Waals surface area contributed by atoms with E-state index in [0.717, 1.165) is 5.56 Å². The number of nitro groups is 1. The van der Waals surface area contributed by atoms with Gasteiger partial charge in [0, 0.05) is 28.4 Å². The Kier molecular flexibility index (Phi) is 4.54. The number of hydrogen-bond acceptors (Lipinski definition) is 4. The molecule has 1 aromatic heterocycles. The van der Waals surface area contributed by atoms with Gasteiger partial charge in [-0.15, -0.1) is 0 Å². The molecule has 1 amide bonds. The summed E-state index contributed by atoms with van der Waals surface area (Å²) >= 11 is 5.94. The van der Waals surface area contributed by atoms with E-state index in [9.17, 15) is 14.9 Å². The van der Waals surface area contributed by atoms with Gasteiger partial charge in [0.25, 0.3) is 11.6 Å². The molecule has 0 radical (unpaired) electrons. The summed E-state index contributed by atoms with van der Waals surface area (Å²) in [6.07, 6.45) is 0. The summed E-state index contributed by atoms with van der Waals surface area (Å²) in [6.45, 7) is 1.85. The number of nitrogens with one attached hydrogen (secondary N) is 1. The van der Waals surface area contributed by atoms with E-state index < -0.39 is 10.8 Å². The van der Waals surface area contributed by atoms with Gasteiger partial charge in [-0.3, -0.25) is 14.9 Å². The van der Waals surface area contributed by atoms with Gasteiger partial charge in [-0.2, -0.15) is 0 Å². The van der Waals surface area contributed by atoms with Crippen LogP contribution in [0.4, 0.5) is 11.4 Å². The third-order valence-electron chi connectivity index (χ3n) is 3.62. The van der Waals surface area contributed by atoms with Gasteiger partial charge >= 0.3 is 0 Å². The summed E-state index contributed by atoms with van der Waals surface area (Å²) in [5.41, 5.74) is 1.93. The van der Waals surface area contributed by atoms with E-state index in [-0.39, 0.29) is 11.4 Å². The zero-order chi connectivity index (χ0) is 18.0. The first-order chi connectivity index (χ1) is 11.9. The van der Waals surface area contributed by atoms with Crippen LogP contribution in [0.25, 0.3) is 11.3 Å². The van der Waals surface area contributed by atoms with E-state index in [0.29, 0.717) is 22.0 Å². The minimum absolute atomic E-state index is 0.0468. The smallest absolute Gasteiger partial charge is 0.291 e. The predicted molar refractivity (Wildman–Crippen MR) is 94.9 cm³/mol. The first-order valence-electron chi connectivity index (χ1n) is 7.36. The third-order valence-corrected chi connectivity index (χ3v) is 3.85. The molecule has 1 N–H and O–H groups in total. The zero-order valence-electron chi connectivity index (χ0n) is 13.2. The average molecular weight is 357 g/mol. The lowest BCUT2D eigenvalue weighted by Crippen LogP contribution is -2.11. The monoisotopic (exact) mass is 356 g/mol. The molecule has 0 unspecified atom stereocenters. The highest BCUT2D eigenvalue weighted by atomic mass is 35.5. The number of furan rings is 1. The fraction of sp³-hybridized carbons (Fsp3) is 0.0556. The number of benzene rings is 2. The number of anilines is 1. The quantitative estimate of drug-likeness (QED) is 0.522. The van der Waals surface area contributed by atoms with Gasteiger partial charge in [-0.25, -0.2) is 0 Å². The van der Waals surface area contributed by atoms with Gasteiger partial charge in [0.05, 0.1) is 4.92 Å². The number of aryl methyl sites for hydroxylation is 1. The topological polar surface area (TPSA) is 85.4 Å². The van der Waals surface area contributed by atoms with E-state index in [4.69, 9.17) is 16.0 Å². The highest BCUT2D eigenvalue weighted by Crippen LogP contribution is 2.27. The van der Waals surface area contributed by atoms with Crippen molar-refractivity contribution in [3.05, 3.63) is 81.1 Å². The average Bonchev–Trinajstić information content (AvgIpc) is 3.08. The number of nitro benzene ring substituents is 1. The van der Waals surface area contributed by atoms with Crippen molar-refractivity contribution in [3.8, 4) is 11.3 Å². The summed E-state index contributed by atoms with van der Waals surface area (Å²) in [4.78, 5) is 22.7. The van der Waals surface area contributed by atoms with Crippen LogP contribution in [0.5, 0.6) is 0 Å². The molecule has 0 saturated heterocycles. The molecule has 6 nitrogen and oxygen atoms in total. The number of amides is 1. The van der Waals surface area contributed by atoms with Gasteiger partial charge in [0.15, 0.2) is 5.76 Å². The first-order valence-corrected chi connectivity index (χ1v) is 7.74. The summed E-state index contributed by atoms with van der Waals surface area (Å²) in [5.74, 6) is 0.0413. The molecule has 0 aliphatic rings. The molecule has 0 aliphatic heterocycles. The fourth-order valence-electron chi connectivity index (χ4n) is 2.30. The van der Waals surface area contributed by atoms with Gasteiger partial charge < -0.3 is 9.73 Å². The number of rotatable bonds is 4. The van der Waals surface area contributed by atoms with Crippen LogP contribution in [0, 0.1) is 17.0 Å². The Balaban J connectivity index is 1.83. The molecule has 0 spiro atoms. The molecule has 3 rings (SSSR count). The van der Waals surface area contributed by atoms with Crippen LogP contribution in [-0.4, -0.2) is 10.8 Å². The molecule has 3 aromatic rings. The lowest BCUT2D eigenvalue weighted by atomic mass is 10.1. The number of carbonyl (C=O) groups is 1. The summed E-state index contributed by atoms with van der Waals surface area (Å²) in [7, 11) is 0. The minimum atomic E-state index is -0.484. The molecule has 1 heterocycles. The van der Waals surface area contributed by atoms with Crippen molar-refractivity contribution < 1.29 is 14.1 Å². The van der Waals surface area contributed by atoms with Crippen molar-refractivity contribution in [2.24, 2.45) is 0 Å². The SMILES string of the molecule is Cc1ccc(Cl)cc1NC(=O)c1ccc(-c2cccc([N+](=O)[O-])c2)o1. The van der Waals surface area contributed by atoms with E-state index in [1.54, 1.807) is 36.4 Å². The van der Waals surface area contributed by atoms with Crippen molar-refractivity contribution in [1.29, 1.82) is 0 Å². The molecular formula is C18H13ClN2O4. The second-order valence-corrected chi connectivity index (χ2v) is 5.82. The Morgan fingerprint density at radius 2 is 1.96 bits per heavy atom. The maximum absolute atomic E-state index is 12.3. The minimum Gasteiger partial charge on any atom is -0.451 e. The van der Waals surface area contributed by atoms with Gasteiger partial charge in [-0.05, 0) is 36.8 Å². The molecule has 0 fully saturated rings. The highest BCUT2D eigenvalue weighted by molar-refractivity contribution is 6.31. The Bertz CT molecular complexity index is 965. The van der Waals surface area contributed by atoms with E-state index in [1.807, 2.05) is 6.92 Å². The molecule has 0 bridgehead atoms. The highest BCUT2D eigenvalue weighted by Gasteiger charge is 2.15. The molecule has 0 atom stereocenters. The predicted octanol–water partition coefficient (Wildman–Crippen LogP) is 5.07. The largest absolute Gasteiger partial charge is 0.451 e. The second-order valence-electron chi connectivity index (χ2n) is 5.38. The van der Waals surface area contributed by atoms with Gasteiger partial charge in [0.2, 0.25) is 0 Å². The number of non-ortho nitro benzene ring substituents is 1. The molecule has 7 heteroatoms. The zero-order valence-corrected chi connectivity index (χ0v) is 13.9. The standard InChI is InChI=1S/C18H13ClN2O4/c1-11-5-6-13(19)10-15(11)20-18(22)17-8-7-16(25-17)12-3-2-4-14(9-12)21(23)24/h2-10H,1H3,(H,20,22). The van der Waals surface area contributed by atoms with Crippen LogP contribution in [0.3, 0.4) is 0 Å². The Hall–Kier alpha value is -3.12. The van der Waals surface area contributed by atoms with Crippen molar-refractivity contribution in [1.82, 2.24) is 0 Å². The molecule has 25 heavy (non-hydrogen) atoms. The Labute approximate surface area is 148 Å². The second kappa shape index (κ2) is 6.78. The van der Waals surface area contributed by atoms with Gasteiger partial charge in [-0.1, -0.05) is 29.8 Å². The molecule has 0 aliphatic carbocycles. The Morgan fingerprint density at radius 1 is 1.16 bits per heavy atom. The maximum atomic E-state index is 12.3. The normalized spacial score (nSPS) is 10.5. The van der Waals surface area contributed by atoms with E-state index in [2.05, 4.69) is 5.32 Å². The third kappa shape index (κ3) is 3.70. The van der Waals surface area contributed by atoms with Crippen LogP contribution in [0.2, 0.25) is 5.02 Å². The lowest BCUT2D eigenvalue weighted by molar-refractivity contribution is -0.384. The lowest BCUT2D eigenvalue weighted by Gasteiger charge is -2.07. The van der Waals surface area contributed by atoms with Crippen molar-refractivity contribution in [2.45, 2.75) is 6.92 Å².